The average molecular weight is 262 g/mol. The first-order valence-corrected chi connectivity index (χ1v) is 6.73. The van der Waals surface area contributed by atoms with Crippen molar-refractivity contribution in [3.63, 3.8) is 0 Å². The second kappa shape index (κ2) is 5.51. The Bertz CT molecular complexity index is 455. The van der Waals surface area contributed by atoms with Crippen molar-refractivity contribution in [1.82, 2.24) is 5.32 Å². The minimum atomic E-state index is -0.128. The number of carbonyl (C=O) groups excluding carboxylic acids is 1. The predicted molar refractivity (Wildman–Crippen MR) is 76.4 cm³/mol. The average Bonchev–Trinajstić information content (AvgIpc) is 3.16. The van der Waals surface area contributed by atoms with Crippen LogP contribution in [0.5, 0.6) is 5.75 Å². The van der Waals surface area contributed by atoms with E-state index in [0.29, 0.717) is 17.2 Å². The van der Waals surface area contributed by atoms with Crippen LogP contribution in [0.3, 0.4) is 0 Å². The molecule has 0 aromatic heterocycles. The van der Waals surface area contributed by atoms with Gasteiger partial charge in [-0.2, -0.15) is 0 Å². The second-order valence-electron chi connectivity index (χ2n) is 5.51. The van der Waals surface area contributed by atoms with Gasteiger partial charge in [0.25, 0.3) is 5.91 Å². The van der Waals surface area contributed by atoms with Gasteiger partial charge in [0.15, 0.2) is 6.61 Å². The van der Waals surface area contributed by atoms with Crippen LogP contribution in [-0.2, 0) is 4.79 Å². The molecule has 1 aliphatic rings. The number of ether oxygens (including phenoxy) is 1. The van der Waals surface area contributed by atoms with Gasteiger partial charge in [-0.15, -0.1) is 0 Å². The maximum Gasteiger partial charge on any atom is 0.257 e. The molecule has 1 saturated carbocycles. The first-order valence-electron chi connectivity index (χ1n) is 6.73. The highest BCUT2D eigenvalue weighted by Gasteiger charge is 2.42. The summed E-state index contributed by atoms with van der Waals surface area (Å²) in [6, 6.07) is 8.20. The van der Waals surface area contributed by atoms with Gasteiger partial charge >= 0.3 is 0 Å². The largest absolute Gasteiger partial charge is 0.484 e. The van der Waals surface area contributed by atoms with Crippen LogP contribution in [-0.4, -0.2) is 25.6 Å². The topological polar surface area (TPSA) is 50.4 Å². The summed E-state index contributed by atoms with van der Waals surface area (Å²) >= 11 is 0. The van der Waals surface area contributed by atoms with E-state index < -0.39 is 0 Å². The number of benzene rings is 1. The van der Waals surface area contributed by atoms with Crippen molar-refractivity contribution in [1.29, 1.82) is 0 Å². The molecule has 0 radical (unpaired) electrons. The SMILES string of the molecule is CNC(=O)COc1cccc(NC(C)C2(C)CC2)c1. The number of likely N-dealkylation sites (N-methyl/N-ethyl adjacent to an activating group) is 1. The molecule has 0 saturated heterocycles. The number of hydrogen-bond donors (Lipinski definition) is 2. The first kappa shape index (κ1) is 13.7. The van der Waals surface area contributed by atoms with E-state index in [1.807, 2.05) is 24.3 Å². The summed E-state index contributed by atoms with van der Waals surface area (Å²) in [7, 11) is 1.60. The summed E-state index contributed by atoms with van der Waals surface area (Å²) in [6.07, 6.45) is 2.57. The van der Waals surface area contributed by atoms with Gasteiger partial charge in [-0.1, -0.05) is 13.0 Å². The van der Waals surface area contributed by atoms with E-state index in [4.69, 9.17) is 4.74 Å². The zero-order valence-electron chi connectivity index (χ0n) is 11.8. The van der Waals surface area contributed by atoms with Crippen molar-refractivity contribution in [2.45, 2.75) is 32.7 Å². The van der Waals surface area contributed by atoms with E-state index in [2.05, 4.69) is 24.5 Å². The zero-order valence-corrected chi connectivity index (χ0v) is 11.8. The van der Waals surface area contributed by atoms with Crippen molar-refractivity contribution in [2.24, 2.45) is 5.41 Å². The first-order chi connectivity index (χ1) is 9.03. The van der Waals surface area contributed by atoms with Crippen LogP contribution in [0.1, 0.15) is 26.7 Å². The second-order valence-corrected chi connectivity index (χ2v) is 5.51. The molecular formula is C15H22N2O2. The summed E-state index contributed by atoms with van der Waals surface area (Å²) in [4.78, 5) is 11.1. The van der Waals surface area contributed by atoms with Crippen LogP contribution in [0.25, 0.3) is 0 Å². The monoisotopic (exact) mass is 262 g/mol. The summed E-state index contributed by atoms with van der Waals surface area (Å²) < 4.78 is 5.43. The zero-order chi connectivity index (χ0) is 13.9. The van der Waals surface area contributed by atoms with E-state index in [1.165, 1.54) is 12.8 Å². The molecule has 1 unspecified atom stereocenters. The molecule has 1 aliphatic carbocycles. The lowest BCUT2D eigenvalue weighted by molar-refractivity contribution is -0.122. The Kier molecular flexibility index (Phi) is 3.98. The van der Waals surface area contributed by atoms with E-state index in [9.17, 15) is 4.79 Å². The highest BCUT2D eigenvalue weighted by atomic mass is 16.5. The lowest BCUT2D eigenvalue weighted by Crippen LogP contribution is -2.25. The number of carbonyl (C=O) groups is 1. The predicted octanol–water partition coefficient (Wildman–Crippen LogP) is 2.41. The molecule has 2 rings (SSSR count). The summed E-state index contributed by atoms with van der Waals surface area (Å²) in [5, 5.41) is 6.04. The van der Waals surface area contributed by atoms with Crippen molar-refractivity contribution < 1.29 is 9.53 Å². The van der Waals surface area contributed by atoms with E-state index in [-0.39, 0.29) is 12.5 Å². The number of rotatable bonds is 6. The Hall–Kier alpha value is -1.71. The summed E-state index contributed by atoms with van der Waals surface area (Å²) in [5.74, 6) is 0.582. The normalized spacial score (nSPS) is 17.4. The number of hydrogen-bond acceptors (Lipinski definition) is 3. The molecule has 0 spiro atoms. The van der Waals surface area contributed by atoms with Crippen molar-refractivity contribution in [3.05, 3.63) is 24.3 Å². The minimum Gasteiger partial charge on any atom is -0.484 e. The van der Waals surface area contributed by atoms with Crippen LogP contribution in [0.4, 0.5) is 5.69 Å². The molecule has 1 aromatic carbocycles. The van der Waals surface area contributed by atoms with Gasteiger partial charge in [0.2, 0.25) is 0 Å². The highest BCUT2D eigenvalue weighted by molar-refractivity contribution is 5.77. The van der Waals surface area contributed by atoms with Crippen molar-refractivity contribution in [2.75, 3.05) is 19.0 Å². The molecule has 1 fully saturated rings. The fourth-order valence-electron chi connectivity index (χ4n) is 1.95. The van der Waals surface area contributed by atoms with E-state index >= 15 is 0 Å². The number of amides is 1. The van der Waals surface area contributed by atoms with E-state index in [1.54, 1.807) is 7.05 Å². The molecule has 1 amide bonds. The van der Waals surface area contributed by atoms with Gasteiger partial charge in [-0.25, -0.2) is 0 Å². The van der Waals surface area contributed by atoms with Crippen molar-refractivity contribution in [3.8, 4) is 5.75 Å². The minimum absolute atomic E-state index is 0.0488. The third-order valence-corrected chi connectivity index (χ3v) is 3.95. The molecule has 104 valence electrons. The third-order valence-electron chi connectivity index (χ3n) is 3.95. The van der Waals surface area contributed by atoms with E-state index in [0.717, 1.165) is 5.69 Å². The smallest absolute Gasteiger partial charge is 0.257 e. The lowest BCUT2D eigenvalue weighted by atomic mass is 10.0. The van der Waals surface area contributed by atoms with Gasteiger partial charge in [-0.3, -0.25) is 4.79 Å². The third kappa shape index (κ3) is 3.63. The van der Waals surface area contributed by atoms with Crippen molar-refractivity contribution >= 4 is 11.6 Å². The van der Waals surface area contributed by atoms with Crippen LogP contribution < -0.4 is 15.4 Å². The summed E-state index contributed by atoms with van der Waals surface area (Å²) in [5.41, 5.74) is 1.47. The Morgan fingerprint density at radius 1 is 1.47 bits per heavy atom. The Balaban J connectivity index is 1.93. The Labute approximate surface area is 114 Å². The molecule has 1 aromatic rings. The van der Waals surface area contributed by atoms with Gasteiger partial charge < -0.3 is 15.4 Å². The fraction of sp³-hybridized carbons (Fsp3) is 0.533. The van der Waals surface area contributed by atoms with Gasteiger partial charge in [0.1, 0.15) is 5.75 Å². The van der Waals surface area contributed by atoms with Crippen LogP contribution in [0.15, 0.2) is 24.3 Å². The van der Waals surface area contributed by atoms with Gasteiger partial charge in [0.05, 0.1) is 0 Å². The molecule has 0 aliphatic heterocycles. The fourth-order valence-corrected chi connectivity index (χ4v) is 1.95. The molecular weight excluding hydrogens is 240 g/mol. The van der Waals surface area contributed by atoms with Gasteiger partial charge in [0, 0.05) is 24.8 Å². The Morgan fingerprint density at radius 2 is 2.21 bits per heavy atom. The highest BCUT2D eigenvalue weighted by Crippen LogP contribution is 2.48. The maximum absolute atomic E-state index is 11.1. The van der Waals surface area contributed by atoms with Crippen LogP contribution in [0, 0.1) is 5.41 Å². The van der Waals surface area contributed by atoms with Crippen LogP contribution >= 0.6 is 0 Å². The number of nitrogens with one attached hydrogen (secondary N) is 2. The standard InChI is InChI=1S/C15H22N2O2/c1-11(15(2)7-8-15)17-12-5-4-6-13(9-12)19-10-14(18)16-3/h4-6,9,11,17H,7-8,10H2,1-3H3,(H,16,18). The van der Waals surface area contributed by atoms with Gasteiger partial charge in [-0.05, 0) is 37.3 Å². The summed E-state index contributed by atoms with van der Waals surface area (Å²) in [6.45, 7) is 4.56. The molecule has 0 bridgehead atoms. The maximum atomic E-state index is 11.1. The van der Waals surface area contributed by atoms with Crippen LogP contribution in [0.2, 0.25) is 0 Å². The lowest BCUT2D eigenvalue weighted by Gasteiger charge is -2.21. The molecule has 1 atom stereocenters. The molecule has 4 heteroatoms. The Morgan fingerprint density at radius 3 is 2.84 bits per heavy atom. The molecule has 2 N–H and O–H groups in total. The molecule has 0 heterocycles. The quantitative estimate of drug-likeness (QED) is 0.827. The number of anilines is 1. The molecule has 4 nitrogen and oxygen atoms in total. The molecule has 19 heavy (non-hydrogen) atoms.